The largest absolute Gasteiger partial charge is 0.445 e. The quantitative estimate of drug-likeness (QED) is 0.124. The predicted molar refractivity (Wildman–Crippen MR) is 185 cm³/mol. The minimum Gasteiger partial charge on any atom is -0.445 e. The molecular formula is C35H44N6O7S. The number of aliphatic hydroxyl groups is 1. The van der Waals surface area contributed by atoms with E-state index in [2.05, 4.69) is 25.9 Å². The fourth-order valence-electron chi connectivity index (χ4n) is 5.04. The second-order valence-corrected chi connectivity index (χ2v) is 13.0. The van der Waals surface area contributed by atoms with Crippen LogP contribution in [0.25, 0.3) is 0 Å². The van der Waals surface area contributed by atoms with Crippen LogP contribution >= 0.6 is 11.3 Å². The topological polar surface area (TPSA) is 168 Å². The van der Waals surface area contributed by atoms with Crippen LogP contribution in [0.15, 0.2) is 83.1 Å². The maximum absolute atomic E-state index is 13.7. The number of alkyl carbamates (subject to hydrolysis) is 2. The summed E-state index contributed by atoms with van der Waals surface area (Å²) in [7, 11) is 3.75. The number of oxazole rings is 1. The van der Waals surface area contributed by atoms with Gasteiger partial charge >= 0.3 is 12.2 Å². The number of ether oxygens (including phenoxy) is 2. The monoisotopic (exact) mass is 692 g/mol. The molecule has 0 bridgehead atoms. The van der Waals surface area contributed by atoms with Crippen molar-refractivity contribution in [3.05, 3.63) is 101 Å². The molecule has 3 amide bonds. The highest BCUT2D eigenvalue weighted by atomic mass is 32.1. The van der Waals surface area contributed by atoms with Crippen LogP contribution in [0.1, 0.15) is 42.8 Å². The molecule has 0 radical (unpaired) electrons. The van der Waals surface area contributed by atoms with E-state index in [-0.39, 0.29) is 25.6 Å². The van der Waals surface area contributed by atoms with Crippen LogP contribution in [-0.4, -0.2) is 71.5 Å². The van der Waals surface area contributed by atoms with Crippen molar-refractivity contribution in [1.29, 1.82) is 0 Å². The van der Waals surface area contributed by atoms with Gasteiger partial charge in [-0.15, -0.1) is 11.3 Å². The van der Waals surface area contributed by atoms with Gasteiger partial charge in [0.2, 0.25) is 5.91 Å². The molecule has 13 nitrogen and oxygen atoms in total. The van der Waals surface area contributed by atoms with Crippen molar-refractivity contribution in [2.75, 3.05) is 19.0 Å². The fourth-order valence-corrected chi connectivity index (χ4v) is 5.78. The Hall–Kier alpha value is -4.95. The van der Waals surface area contributed by atoms with Crippen molar-refractivity contribution < 1.29 is 33.4 Å². The van der Waals surface area contributed by atoms with Crippen molar-refractivity contribution in [3.8, 4) is 0 Å². The summed E-state index contributed by atoms with van der Waals surface area (Å²) in [6.07, 6.45) is 0.953. The third-order valence-corrected chi connectivity index (χ3v) is 8.65. The summed E-state index contributed by atoms with van der Waals surface area (Å²) in [6, 6.07) is 16.7. The van der Waals surface area contributed by atoms with Crippen LogP contribution in [0.3, 0.4) is 0 Å². The Labute approximate surface area is 290 Å². The number of hydrogen-bond donors (Lipinski definition) is 4. The highest BCUT2D eigenvalue weighted by molar-refractivity contribution is 7.13. The van der Waals surface area contributed by atoms with Crippen LogP contribution in [0.5, 0.6) is 0 Å². The molecule has 4 rings (SSSR count). The van der Waals surface area contributed by atoms with E-state index in [1.165, 1.54) is 23.9 Å². The highest BCUT2D eigenvalue weighted by Gasteiger charge is 2.31. The third kappa shape index (κ3) is 12.2. The summed E-state index contributed by atoms with van der Waals surface area (Å²) in [6.45, 7) is 3.46. The average molecular weight is 693 g/mol. The number of nitrogens with zero attached hydrogens (tertiary/aromatic N) is 3. The summed E-state index contributed by atoms with van der Waals surface area (Å²) in [5, 5.41) is 22.8. The second-order valence-electron chi connectivity index (χ2n) is 12.1. The normalized spacial score (nSPS) is 13.5. The molecule has 14 heteroatoms. The molecule has 0 spiro atoms. The molecule has 0 aliphatic rings. The van der Waals surface area contributed by atoms with Gasteiger partial charge in [0.15, 0.2) is 23.9 Å². The fraction of sp³-hybridized carbons (Fsp3) is 0.400. The first-order valence-corrected chi connectivity index (χ1v) is 16.9. The number of carbonyl (C=O) groups excluding carboxylic acids is 3. The van der Waals surface area contributed by atoms with Gasteiger partial charge in [-0.3, -0.25) is 4.79 Å². The predicted octanol–water partition coefficient (Wildman–Crippen LogP) is 4.46. The number of hydrogen-bond acceptors (Lipinski definition) is 11. The van der Waals surface area contributed by atoms with Gasteiger partial charge in [-0.05, 0) is 36.3 Å². The first-order valence-electron chi connectivity index (χ1n) is 16.0. The Morgan fingerprint density at radius 2 is 1.53 bits per heavy atom. The molecule has 0 saturated heterocycles. The van der Waals surface area contributed by atoms with Crippen LogP contribution in [0, 0.1) is 5.92 Å². The number of anilines is 1. The van der Waals surface area contributed by atoms with Crippen LogP contribution in [0.4, 0.5) is 14.7 Å². The summed E-state index contributed by atoms with van der Waals surface area (Å²) in [4.78, 5) is 49.4. The van der Waals surface area contributed by atoms with E-state index >= 15 is 0 Å². The SMILES string of the molecule is CC(C)[C@H](NC(=O)OCc1csc(N(C)C)n1)C(=O)N[C@@H](Cc1ccccc1)[C@@H](O)C[C@H](Cc1ccccc1)NC(=O)OCc1cnco1. The van der Waals surface area contributed by atoms with Crippen molar-refractivity contribution in [2.24, 2.45) is 5.92 Å². The molecule has 2 aromatic heterocycles. The lowest BCUT2D eigenvalue weighted by Gasteiger charge is -2.30. The van der Waals surface area contributed by atoms with E-state index in [9.17, 15) is 19.5 Å². The number of amides is 3. The molecule has 4 N–H and O–H groups in total. The molecular weight excluding hydrogens is 648 g/mol. The Morgan fingerprint density at radius 3 is 2.12 bits per heavy atom. The molecule has 49 heavy (non-hydrogen) atoms. The van der Waals surface area contributed by atoms with E-state index < -0.39 is 42.3 Å². The molecule has 0 aliphatic carbocycles. The summed E-state index contributed by atoms with van der Waals surface area (Å²) < 4.78 is 15.8. The van der Waals surface area contributed by atoms with E-state index in [0.29, 0.717) is 24.3 Å². The van der Waals surface area contributed by atoms with Gasteiger partial charge in [0.1, 0.15) is 12.6 Å². The van der Waals surface area contributed by atoms with Crippen molar-refractivity contribution in [2.45, 2.75) is 70.6 Å². The lowest BCUT2D eigenvalue weighted by atomic mass is 9.93. The van der Waals surface area contributed by atoms with Crippen LogP contribution in [0.2, 0.25) is 0 Å². The van der Waals surface area contributed by atoms with E-state index in [1.54, 1.807) is 19.2 Å². The van der Waals surface area contributed by atoms with Crippen molar-refractivity contribution >= 4 is 34.6 Å². The number of benzene rings is 2. The van der Waals surface area contributed by atoms with Gasteiger partial charge in [0.25, 0.3) is 0 Å². The van der Waals surface area contributed by atoms with Crippen molar-refractivity contribution in [1.82, 2.24) is 25.9 Å². The Balaban J connectivity index is 1.44. The Morgan fingerprint density at radius 1 is 0.898 bits per heavy atom. The van der Waals surface area contributed by atoms with Crippen LogP contribution < -0.4 is 20.9 Å². The zero-order chi connectivity index (χ0) is 35.2. The third-order valence-electron chi connectivity index (χ3n) is 7.59. The molecule has 0 unspecified atom stereocenters. The average Bonchev–Trinajstić information content (AvgIpc) is 3.79. The molecule has 4 aromatic rings. The summed E-state index contributed by atoms with van der Waals surface area (Å²) in [5.74, 6) is -0.387. The number of aromatic nitrogens is 2. The molecule has 2 aromatic carbocycles. The lowest BCUT2D eigenvalue weighted by Crippen LogP contribution is -2.56. The summed E-state index contributed by atoms with van der Waals surface area (Å²) >= 11 is 1.43. The van der Waals surface area contributed by atoms with Gasteiger partial charge in [0.05, 0.1) is 24.0 Å². The second kappa shape index (κ2) is 18.6. The Kier molecular flexibility index (Phi) is 14.0. The van der Waals surface area contributed by atoms with E-state index in [0.717, 1.165) is 16.3 Å². The first-order chi connectivity index (χ1) is 23.6. The number of rotatable bonds is 17. The molecule has 0 saturated carbocycles. The molecule has 0 fully saturated rings. The van der Waals surface area contributed by atoms with Crippen molar-refractivity contribution in [3.63, 3.8) is 0 Å². The molecule has 0 aliphatic heterocycles. The van der Waals surface area contributed by atoms with Gasteiger partial charge in [-0.25, -0.2) is 19.6 Å². The molecule has 2 heterocycles. The standard InChI is InChI=1S/C35H44N6O7S/c1-23(2)31(40-35(45)46-19-27-21-49-33(37-27)41(3)4)32(43)39-29(16-25-13-9-6-10-14-25)30(42)17-26(15-24-11-7-5-8-12-24)38-34(44)47-20-28-18-36-22-48-28/h5-14,18,21-23,26,29-31,42H,15-17,19-20H2,1-4H3,(H,38,44)(H,39,43)(H,40,45)/t26-,29-,30-,31-/m0/s1. The Bertz CT molecular complexity index is 1580. The number of aliphatic hydroxyl groups excluding tert-OH is 1. The molecule has 262 valence electrons. The summed E-state index contributed by atoms with van der Waals surface area (Å²) in [5.41, 5.74) is 2.43. The van der Waals surface area contributed by atoms with Gasteiger partial charge in [0, 0.05) is 25.5 Å². The first kappa shape index (κ1) is 36.9. The number of nitrogens with one attached hydrogen (secondary N) is 3. The molecule has 4 atom stereocenters. The van der Waals surface area contributed by atoms with Gasteiger partial charge in [-0.2, -0.15) is 0 Å². The zero-order valence-corrected chi connectivity index (χ0v) is 28.9. The van der Waals surface area contributed by atoms with Crippen LogP contribution in [-0.2, 0) is 40.3 Å². The van der Waals surface area contributed by atoms with Gasteiger partial charge in [-0.1, -0.05) is 74.5 Å². The smallest absolute Gasteiger partial charge is 0.408 e. The minimum absolute atomic E-state index is 0.0470. The number of thiazole rings is 1. The van der Waals surface area contributed by atoms with Gasteiger partial charge < -0.3 is 39.8 Å². The van der Waals surface area contributed by atoms with E-state index in [4.69, 9.17) is 13.9 Å². The zero-order valence-electron chi connectivity index (χ0n) is 28.1. The highest BCUT2D eigenvalue weighted by Crippen LogP contribution is 2.19. The number of carbonyl (C=O) groups is 3. The maximum atomic E-state index is 13.7. The maximum Gasteiger partial charge on any atom is 0.408 e. The lowest BCUT2D eigenvalue weighted by molar-refractivity contribution is -0.125. The van der Waals surface area contributed by atoms with E-state index in [1.807, 2.05) is 79.7 Å². The minimum atomic E-state index is -1.09.